The molecule has 2 aromatic rings. The minimum atomic E-state index is -0.819. The fraction of sp³-hybridized carbons (Fsp3) is 0.444. The zero-order chi connectivity index (χ0) is 16.7. The Balaban J connectivity index is 1.42. The Hall–Kier alpha value is -2.34. The Labute approximate surface area is 139 Å². The summed E-state index contributed by atoms with van der Waals surface area (Å²) in [7, 11) is 0. The average molecular weight is 328 g/mol. The number of nitrogens with one attached hydrogen (secondary N) is 1. The lowest BCUT2D eigenvalue weighted by atomic mass is 10.1. The lowest BCUT2D eigenvalue weighted by Crippen LogP contribution is -2.49. The molecule has 2 N–H and O–H groups in total. The Morgan fingerprint density at radius 1 is 1.17 bits per heavy atom. The second-order valence-electron chi connectivity index (χ2n) is 6.64. The van der Waals surface area contributed by atoms with Gasteiger partial charge < -0.3 is 14.8 Å². The van der Waals surface area contributed by atoms with Gasteiger partial charge in [-0.25, -0.2) is 0 Å². The van der Waals surface area contributed by atoms with Crippen LogP contribution in [0.15, 0.2) is 34.9 Å². The molecule has 1 aliphatic heterocycles. The predicted octanol–water partition coefficient (Wildman–Crippen LogP) is 2.13. The number of benzene rings is 1. The summed E-state index contributed by atoms with van der Waals surface area (Å²) in [6.07, 6.45) is 4.77. The van der Waals surface area contributed by atoms with Crippen molar-refractivity contribution in [2.24, 2.45) is 0 Å². The molecule has 1 saturated heterocycles. The number of furan rings is 1. The van der Waals surface area contributed by atoms with Crippen molar-refractivity contribution in [2.75, 3.05) is 0 Å². The molecule has 1 aromatic heterocycles. The van der Waals surface area contributed by atoms with Crippen molar-refractivity contribution >= 4 is 22.8 Å². The van der Waals surface area contributed by atoms with Gasteiger partial charge in [-0.15, -0.1) is 0 Å². The predicted molar refractivity (Wildman–Crippen MR) is 87.4 cm³/mol. The number of fused-ring (bicyclic) bond motifs is 1. The number of aliphatic carboxylic acids is 1. The largest absolute Gasteiger partial charge is 0.480 e. The summed E-state index contributed by atoms with van der Waals surface area (Å²) >= 11 is 0. The molecule has 0 radical (unpaired) electrons. The van der Waals surface area contributed by atoms with E-state index in [4.69, 9.17) is 4.42 Å². The molecule has 0 spiro atoms. The third kappa shape index (κ3) is 2.78. The molecule has 2 aliphatic rings. The van der Waals surface area contributed by atoms with Gasteiger partial charge in [0.1, 0.15) is 11.6 Å². The fourth-order valence-electron chi connectivity index (χ4n) is 3.65. The monoisotopic (exact) mass is 328 g/mol. The second kappa shape index (κ2) is 5.94. The summed E-state index contributed by atoms with van der Waals surface area (Å²) in [6.45, 7) is 0.419. The Morgan fingerprint density at radius 2 is 1.96 bits per heavy atom. The minimum Gasteiger partial charge on any atom is -0.480 e. The van der Waals surface area contributed by atoms with Gasteiger partial charge in [-0.05, 0) is 43.4 Å². The minimum absolute atomic E-state index is 0.0785. The molecule has 2 fully saturated rings. The van der Waals surface area contributed by atoms with Crippen LogP contribution >= 0.6 is 0 Å². The molecule has 1 aliphatic carbocycles. The van der Waals surface area contributed by atoms with Crippen molar-refractivity contribution in [1.29, 1.82) is 0 Å². The van der Waals surface area contributed by atoms with Gasteiger partial charge in [0, 0.05) is 18.0 Å². The maximum absolute atomic E-state index is 12.6. The Morgan fingerprint density at radius 3 is 2.71 bits per heavy atom. The summed E-state index contributed by atoms with van der Waals surface area (Å²) in [4.78, 5) is 25.9. The zero-order valence-electron chi connectivity index (χ0n) is 13.3. The standard InChI is InChI=1S/C18H20N2O4/c21-17(14-5-6-15(18(22)23)20(14)13-3-4-13)19-10-11-1-2-12-7-8-24-16(12)9-11/h1-2,7-9,13-15H,3-6,10H2,(H,19,21)(H,22,23). The third-order valence-corrected chi connectivity index (χ3v) is 4.98. The first-order chi connectivity index (χ1) is 11.6. The van der Waals surface area contributed by atoms with Crippen LogP contribution in [-0.4, -0.2) is 40.0 Å². The first-order valence-electron chi connectivity index (χ1n) is 8.37. The van der Waals surface area contributed by atoms with E-state index in [0.29, 0.717) is 19.4 Å². The molecule has 2 heterocycles. The molecule has 2 atom stereocenters. The van der Waals surface area contributed by atoms with E-state index in [9.17, 15) is 14.7 Å². The molecule has 4 rings (SSSR count). The maximum atomic E-state index is 12.6. The van der Waals surface area contributed by atoms with Gasteiger partial charge in [0.25, 0.3) is 0 Å². The molecule has 2 unspecified atom stereocenters. The molecular weight excluding hydrogens is 308 g/mol. The molecule has 24 heavy (non-hydrogen) atoms. The number of rotatable bonds is 5. The quantitative estimate of drug-likeness (QED) is 0.878. The average Bonchev–Trinajstić information content (AvgIpc) is 3.13. The van der Waals surface area contributed by atoms with Crippen molar-refractivity contribution in [2.45, 2.75) is 50.4 Å². The topological polar surface area (TPSA) is 82.8 Å². The fourth-order valence-corrected chi connectivity index (χ4v) is 3.65. The molecule has 1 aromatic carbocycles. The summed E-state index contributed by atoms with van der Waals surface area (Å²) in [5, 5.41) is 13.4. The van der Waals surface area contributed by atoms with Crippen molar-refractivity contribution in [1.82, 2.24) is 10.2 Å². The highest BCUT2D eigenvalue weighted by atomic mass is 16.4. The van der Waals surface area contributed by atoms with Gasteiger partial charge in [0.2, 0.25) is 5.91 Å². The summed E-state index contributed by atoms with van der Waals surface area (Å²) in [6, 6.07) is 7.15. The van der Waals surface area contributed by atoms with E-state index < -0.39 is 12.0 Å². The second-order valence-corrected chi connectivity index (χ2v) is 6.64. The van der Waals surface area contributed by atoms with E-state index in [1.165, 1.54) is 0 Å². The van der Waals surface area contributed by atoms with Crippen LogP contribution in [0.25, 0.3) is 11.0 Å². The lowest BCUT2D eigenvalue weighted by Gasteiger charge is -2.27. The van der Waals surface area contributed by atoms with Gasteiger partial charge in [-0.1, -0.05) is 12.1 Å². The number of carbonyl (C=O) groups is 2. The highest BCUT2D eigenvalue weighted by molar-refractivity contribution is 5.84. The zero-order valence-corrected chi connectivity index (χ0v) is 13.3. The Bertz CT molecular complexity index is 780. The van der Waals surface area contributed by atoms with E-state index in [1.54, 1.807) is 6.26 Å². The highest BCUT2D eigenvalue weighted by Gasteiger charge is 2.48. The molecule has 6 heteroatoms. The molecular formula is C18H20N2O4. The van der Waals surface area contributed by atoms with Crippen LogP contribution in [0.1, 0.15) is 31.2 Å². The van der Waals surface area contributed by atoms with E-state index in [2.05, 4.69) is 5.32 Å². The molecule has 0 bridgehead atoms. The van der Waals surface area contributed by atoms with Crippen LogP contribution in [0, 0.1) is 0 Å². The van der Waals surface area contributed by atoms with Crippen molar-refractivity contribution in [3.63, 3.8) is 0 Å². The van der Waals surface area contributed by atoms with Crippen LogP contribution in [0.5, 0.6) is 0 Å². The van der Waals surface area contributed by atoms with E-state index in [-0.39, 0.29) is 18.0 Å². The number of carboxylic acids is 1. The van der Waals surface area contributed by atoms with Gasteiger partial charge in [0.05, 0.1) is 12.3 Å². The Kier molecular flexibility index (Phi) is 3.76. The van der Waals surface area contributed by atoms with Gasteiger partial charge >= 0.3 is 5.97 Å². The van der Waals surface area contributed by atoms with Crippen LogP contribution in [-0.2, 0) is 16.1 Å². The summed E-state index contributed by atoms with van der Waals surface area (Å²) < 4.78 is 5.38. The SMILES string of the molecule is O=C(O)C1CCC(C(=O)NCc2ccc3ccoc3c2)N1C1CC1. The van der Waals surface area contributed by atoms with Crippen molar-refractivity contribution < 1.29 is 19.1 Å². The third-order valence-electron chi connectivity index (χ3n) is 4.98. The van der Waals surface area contributed by atoms with Gasteiger partial charge in [-0.2, -0.15) is 0 Å². The van der Waals surface area contributed by atoms with Gasteiger partial charge in [0.15, 0.2) is 0 Å². The summed E-state index contributed by atoms with van der Waals surface area (Å²) in [5.74, 6) is -0.898. The highest BCUT2D eigenvalue weighted by Crippen LogP contribution is 2.37. The van der Waals surface area contributed by atoms with E-state index in [0.717, 1.165) is 29.4 Å². The maximum Gasteiger partial charge on any atom is 0.320 e. The number of hydrogen-bond donors (Lipinski definition) is 2. The number of likely N-dealkylation sites (tertiary alicyclic amines) is 1. The number of carboxylic acid groups (broad SMARTS) is 1. The van der Waals surface area contributed by atoms with Gasteiger partial charge in [-0.3, -0.25) is 14.5 Å². The number of hydrogen-bond acceptors (Lipinski definition) is 4. The van der Waals surface area contributed by atoms with Crippen LogP contribution in [0.3, 0.4) is 0 Å². The van der Waals surface area contributed by atoms with Crippen LogP contribution in [0.4, 0.5) is 0 Å². The van der Waals surface area contributed by atoms with Crippen molar-refractivity contribution in [3.05, 3.63) is 36.1 Å². The van der Waals surface area contributed by atoms with E-state index >= 15 is 0 Å². The smallest absolute Gasteiger partial charge is 0.320 e. The normalized spacial score (nSPS) is 24.3. The lowest BCUT2D eigenvalue weighted by molar-refractivity contribution is -0.143. The van der Waals surface area contributed by atoms with Crippen LogP contribution < -0.4 is 5.32 Å². The molecule has 1 saturated carbocycles. The van der Waals surface area contributed by atoms with Crippen LogP contribution in [0.2, 0.25) is 0 Å². The molecule has 6 nitrogen and oxygen atoms in total. The molecule has 1 amide bonds. The first kappa shape index (κ1) is 15.2. The van der Waals surface area contributed by atoms with Crippen molar-refractivity contribution in [3.8, 4) is 0 Å². The number of amides is 1. The number of carbonyl (C=O) groups excluding carboxylic acids is 1. The first-order valence-corrected chi connectivity index (χ1v) is 8.37. The summed E-state index contributed by atoms with van der Waals surface area (Å²) in [5.41, 5.74) is 1.77. The molecule has 126 valence electrons. The number of nitrogens with zero attached hydrogens (tertiary/aromatic N) is 1. The van der Waals surface area contributed by atoms with E-state index in [1.807, 2.05) is 29.2 Å².